The van der Waals surface area contributed by atoms with E-state index in [1.165, 1.54) is 12.1 Å². The molecule has 0 fully saturated rings. The van der Waals surface area contributed by atoms with E-state index < -0.39 is 4.92 Å². The van der Waals surface area contributed by atoms with Crippen LogP contribution in [0.15, 0.2) is 60.7 Å². The predicted octanol–water partition coefficient (Wildman–Crippen LogP) is 4.97. The van der Waals surface area contributed by atoms with Crippen molar-refractivity contribution < 1.29 is 4.92 Å². The summed E-state index contributed by atoms with van der Waals surface area (Å²) in [6, 6.07) is 14.3. The van der Waals surface area contributed by atoms with Crippen LogP contribution in [0.2, 0.25) is 5.02 Å². The molecule has 2 aromatic carbocycles. The average molecular weight is 286 g/mol. The zero-order chi connectivity index (χ0) is 14.4. The van der Waals surface area contributed by atoms with E-state index in [2.05, 4.69) is 0 Å². The van der Waals surface area contributed by atoms with Gasteiger partial charge in [0.05, 0.1) is 9.95 Å². The van der Waals surface area contributed by atoms with E-state index in [0.717, 1.165) is 11.1 Å². The minimum Gasteiger partial charge on any atom is -0.258 e. The van der Waals surface area contributed by atoms with Gasteiger partial charge in [-0.05, 0) is 17.2 Å². The minimum absolute atomic E-state index is 0.00743. The van der Waals surface area contributed by atoms with Crippen LogP contribution in [0.5, 0.6) is 0 Å². The van der Waals surface area contributed by atoms with Crippen LogP contribution in [0.1, 0.15) is 11.1 Å². The highest BCUT2D eigenvalue weighted by molar-refractivity contribution is 6.32. The van der Waals surface area contributed by atoms with Crippen LogP contribution < -0.4 is 0 Å². The number of nitro groups is 1. The van der Waals surface area contributed by atoms with Crippen molar-refractivity contribution >= 4 is 29.4 Å². The average Bonchev–Trinajstić information content (AvgIpc) is 2.46. The van der Waals surface area contributed by atoms with Gasteiger partial charge in [-0.3, -0.25) is 10.1 Å². The van der Waals surface area contributed by atoms with Gasteiger partial charge in [0, 0.05) is 12.1 Å². The number of nitro benzene ring substituents is 1. The quantitative estimate of drug-likeness (QED) is 0.452. The van der Waals surface area contributed by atoms with Crippen LogP contribution in [0.3, 0.4) is 0 Å². The molecule has 0 radical (unpaired) electrons. The second-order valence-corrected chi connectivity index (χ2v) is 4.50. The van der Waals surface area contributed by atoms with Gasteiger partial charge in [-0.25, -0.2) is 0 Å². The van der Waals surface area contributed by atoms with Crippen LogP contribution in [0.4, 0.5) is 5.69 Å². The molecule has 0 heterocycles. The first-order chi connectivity index (χ1) is 9.66. The summed E-state index contributed by atoms with van der Waals surface area (Å²) in [5.41, 5.74) is 1.84. The van der Waals surface area contributed by atoms with Gasteiger partial charge in [0.15, 0.2) is 0 Å². The van der Waals surface area contributed by atoms with Crippen molar-refractivity contribution in [1.29, 1.82) is 0 Å². The lowest BCUT2D eigenvalue weighted by atomic mass is 10.1. The lowest BCUT2D eigenvalue weighted by Gasteiger charge is -1.97. The molecule has 0 saturated carbocycles. The van der Waals surface area contributed by atoms with Crippen molar-refractivity contribution in [2.75, 3.05) is 0 Å². The Morgan fingerprint density at radius 1 is 1.00 bits per heavy atom. The molecule has 100 valence electrons. The lowest BCUT2D eigenvalue weighted by Crippen LogP contribution is -1.87. The number of allylic oxidation sites excluding steroid dienone is 2. The first-order valence-corrected chi connectivity index (χ1v) is 6.38. The summed E-state index contributed by atoms with van der Waals surface area (Å²) >= 11 is 5.99. The molecule has 0 aliphatic heterocycles. The molecule has 0 aromatic heterocycles. The van der Waals surface area contributed by atoms with E-state index in [-0.39, 0.29) is 5.69 Å². The van der Waals surface area contributed by atoms with E-state index in [1.807, 2.05) is 54.6 Å². The summed E-state index contributed by atoms with van der Waals surface area (Å²) in [6.07, 6.45) is 7.52. The Hall–Kier alpha value is -2.39. The Morgan fingerprint density at radius 3 is 2.35 bits per heavy atom. The fourth-order valence-corrected chi connectivity index (χ4v) is 1.89. The molecule has 0 aliphatic carbocycles. The Labute approximate surface area is 122 Å². The zero-order valence-corrected chi connectivity index (χ0v) is 11.3. The van der Waals surface area contributed by atoms with E-state index in [9.17, 15) is 10.1 Å². The number of hydrogen-bond donors (Lipinski definition) is 0. The summed E-state index contributed by atoms with van der Waals surface area (Å²) in [6.45, 7) is 0. The van der Waals surface area contributed by atoms with E-state index in [0.29, 0.717) is 5.02 Å². The van der Waals surface area contributed by atoms with Gasteiger partial charge < -0.3 is 0 Å². The normalized spacial score (nSPS) is 11.2. The summed E-state index contributed by atoms with van der Waals surface area (Å²) < 4.78 is 0. The monoisotopic (exact) mass is 285 g/mol. The van der Waals surface area contributed by atoms with Gasteiger partial charge in [-0.2, -0.15) is 0 Å². The second-order valence-electron chi connectivity index (χ2n) is 4.09. The molecule has 4 heteroatoms. The molecule has 0 bridgehead atoms. The third kappa shape index (κ3) is 3.80. The summed E-state index contributed by atoms with van der Waals surface area (Å²) in [4.78, 5) is 10.1. The maximum absolute atomic E-state index is 10.6. The van der Waals surface area contributed by atoms with E-state index in [4.69, 9.17) is 11.6 Å². The van der Waals surface area contributed by atoms with Crippen molar-refractivity contribution in [3.8, 4) is 0 Å². The standard InChI is InChI=1S/C16H12ClNO2/c17-16-12-15(18(19)20)11-10-14(16)9-5-4-8-13-6-2-1-3-7-13/h1-12H. The molecule has 0 aliphatic rings. The lowest BCUT2D eigenvalue weighted by molar-refractivity contribution is -0.384. The molecule has 0 N–H and O–H groups in total. The van der Waals surface area contributed by atoms with Crippen molar-refractivity contribution in [2.45, 2.75) is 0 Å². The number of hydrogen-bond acceptors (Lipinski definition) is 2. The highest BCUT2D eigenvalue weighted by atomic mass is 35.5. The van der Waals surface area contributed by atoms with Crippen molar-refractivity contribution in [3.05, 3.63) is 86.9 Å². The highest BCUT2D eigenvalue weighted by Crippen LogP contribution is 2.23. The molecular formula is C16H12ClNO2. The largest absolute Gasteiger partial charge is 0.270 e. The third-order valence-corrected chi connectivity index (χ3v) is 3.00. The summed E-state index contributed by atoms with van der Waals surface area (Å²) in [7, 11) is 0. The first-order valence-electron chi connectivity index (χ1n) is 6.00. The SMILES string of the molecule is O=[N+]([O-])c1ccc(C=CC=Cc2ccccc2)c(Cl)c1. The molecule has 2 aromatic rings. The highest BCUT2D eigenvalue weighted by Gasteiger charge is 2.07. The fourth-order valence-electron chi connectivity index (χ4n) is 1.65. The van der Waals surface area contributed by atoms with Crippen molar-refractivity contribution in [1.82, 2.24) is 0 Å². The Bertz CT molecular complexity index is 663. The zero-order valence-electron chi connectivity index (χ0n) is 10.6. The van der Waals surface area contributed by atoms with E-state index >= 15 is 0 Å². The molecule has 3 nitrogen and oxygen atoms in total. The molecule has 0 unspecified atom stereocenters. The summed E-state index contributed by atoms with van der Waals surface area (Å²) in [5.74, 6) is 0. The molecule has 0 atom stereocenters. The number of halogens is 1. The molecule has 0 amide bonds. The van der Waals surface area contributed by atoms with Crippen LogP contribution >= 0.6 is 11.6 Å². The van der Waals surface area contributed by atoms with Crippen molar-refractivity contribution in [3.63, 3.8) is 0 Å². The van der Waals surface area contributed by atoms with Gasteiger partial charge in [0.25, 0.3) is 5.69 Å². The van der Waals surface area contributed by atoms with Gasteiger partial charge >= 0.3 is 0 Å². The topological polar surface area (TPSA) is 43.1 Å². The van der Waals surface area contributed by atoms with Crippen molar-refractivity contribution in [2.24, 2.45) is 0 Å². The molecule has 0 saturated heterocycles. The smallest absolute Gasteiger partial charge is 0.258 e. The van der Waals surface area contributed by atoms with Crippen LogP contribution in [-0.2, 0) is 0 Å². The number of benzene rings is 2. The van der Waals surface area contributed by atoms with Crippen LogP contribution in [-0.4, -0.2) is 4.92 Å². The van der Waals surface area contributed by atoms with Gasteiger partial charge in [0.2, 0.25) is 0 Å². The fraction of sp³-hybridized carbons (Fsp3) is 0. The Morgan fingerprint density at radius 2 is 1.70 bits per heavy atom. The van der Waals surface area contributed by atoms with E-state index in [1.54, 1.807) is 6.07 Å². The maximum Gasteiger partial charge on any atom is 0.270 e. The van der Waals surface area contributed by atoms with Crippen LogP contribution in [0, 0.1) is 10.1 Å². The number of non-ortho nitro benzene ring substituents is 1. The van der Waals surface area contributed by atoms with Gasteiger partial charge in [-0.15, -0.1) is 0 Å². The second kappa shape index (κ2) is 6.68. The molecular weight excluding hydrogens is 274 g/mol. The molecule has 20 heavy (non-hydrogen) atoms. The third-order valence-electron chi connectivity index (χ3n) is 2.67. The maximum atomic E-state index is 10.6. The van der Waals surface area contributed by atoms with Gasteiger partial charge in [0.1, 0.15) is 0 Å². The molecule has 0 spiro atoms. The Kier molecular flexibility index (Phi) is 4.69. The number of nitrogens with zero attached hydrogens (tertiary/aromatic N) is 1. The molecule has 2 rings (SSSR count). The predicted molar refractivity (Wildman–Crippen MR) is 82.6 cm³/mol. The Balaban J connectivity index is 2.08. The van der Waals surface area contributed by atoms with Crippen LogP contribution in [0.25, 0.3) is 12.2 Å². The minimum atomic E-state index is -0.464. The number of rotatable bonds is 4. The first kappa shape index (κ1) is 14.0. The summed E-state index contributed by atoms with van der Waals surface area (Å²) in [5, 5.41) is 11.0. The van der Waals surface area contributed by atoms with Gasteiger partial charge in [-0.1, -0.05) is 66.2 Å².